The Morgan fingerprint density at radius 2 is 2.06 bits per heavy atom. The summed E-state index contributed by atoms with van der Waals surface area (Å²) in [6, 6.07) is 6.61. The number of benzene rings is 1. The number of esters is 1. The van der Waals surface area contributed by atoms with Gasteiger partial charge in [0.25, 0.3) is 0 Å². The quantitative estimate of drug-likeness (QED) is 0.800. The molecule has 0 aliphatic heterocycles. The molecule has 1 atom stereocenters. The minimum absolute atomic E-state index is 0.145. The average Bonchev–Trinajstić information content (AvgIpc) is 2.30. The summed E-state index contributed by atoms with van der Waals surface area (Å²) in [5, 5.41) is 9.38. The number of halogens is 1. The maximum absolute atomic E-state index is 11.3. The number of carbonyl (C=O) groups excluding carboxylic acids is 1. The van der Waals surface area contributed by atoms with Gasteiger partial charge in [0.15, 0.2) is 6.10 Å². The zero-order chi connectivity index (χ0) is 12.0. The van der Waals surface area contributed by atoms with Gasteiger partial charge >= 0.3 is 5.97 Å². The first-order valence-electron chi connectivity index (χ1n) is 4.78. The van der Waals surface area contributed by atoms with Crippen molar-refractivity contribution in [3.8, 4) is 5.75 Å². The Balaban J connectivity index is 2.67. The summed E-state index contributed by atoms with van der Waals surface area (Å²) in [7, 11) is 1.28. The van der Waals surface area contributed by atoms with Crippen molar-refractivity contribution in [2.45, 2.75) is 12.5 Å². The SMILES string of the molecule is COC(=O)C(CCO)Oc1ccc(Cl)cc1. The van der Waals surface area contributed by atoms with Crippen LogP contribution in [0.25, 0.3) is 0 Å². The Morgan fingerprint density at radius 3 is 2.56 bits per heavy atom. The summed E-state index contributed by atoms with van der Waals surface area (Å²) in [5.41, 5.74) is 0. The van der Waals surface area contributed by atoms with E-state index in [9.17, 15) is 4.79 Å². The summed E-state index contributed by atoms with van der Waals surface area (Å²) >= 11 is 5.71. The Kier molecular flexibility index (Phi) is 5.08. The first-order valence-corrected chi connectivity index (χ1v) is 5.16. The second kappa shape index (κ2) is 6.35. The molecule has 88 valence electrons. The van der Waals surface area contributed by atoms with Gasteiger partial charge in [-0.05, 0) is 24.3 Å². The molecule has 16 heavy (non-hydrogen) atoms. The highest BCUT2D eigenvalue weighted by molar-refractivity contribution is 6.30. The van der Waals surface area contributed by atoms with Crippen LogP contribution in [-0.2, 0) is 9.53 Å². The van der Waals surface area contributed by atoms with Crippen LogP contribution in [0, 0.1) is 0 Å². The van der Waals surface area contributed by atoms with Gasteiger partial charge in [0.05, 0.1) is 7.11 Å². The lowest BCUT2D eigenvalue weighted by Crippen LogP contribution is -2.29. The molecule has 0 saturated carbocycles. The highest BCUT2D eigenvalue weighted by Gasteiger charge is 2.20. The summed E-state index contributed by atoms with van der Waals surface area (Å²) in [6.07, 6.45) is -0.605. The van der Waals surface area contributed by atoms with Crippen LogP contribution in [0.15, 0.2) is 24.3 Å². The van der Waals surface area contributed by atoms with E-state index in [1.807, 2.05) is 0 Å². The predicted molar refractivity (Wildman–Crippen MR) is 59.6 cm³/mol. The van der Waals surface area contributed by atoms with Gasteiger partial charge in [-0.1, -0.05) is 11.6 Å². The van der Waals surface area contributed by atoms with Crippen LogP contribution in [-0.4, -0.2) is 30.9 Å². The standard InChI is InChI=1S/C11H13ClO4/c1-15-11(14)10(6-7-13)16-9-4-2-8(12)3-5-9/h2-5,10,13H,6-7H2,1H3. The minimum Gasteiger partial charge on any atom is -0.479 e. The maximum atomic E-state index is 11.3. The van der Waals surface area contributed by atoms with Gasteiger partial charge in [0.2, 0.25) is 0 Å². The van der Waals surface area contributed by atoms with E-state index in [-0.39, 0.29) is 13.0 Å². The fourth-order valence-electron chi connectivity index (χ4n) is 1.15. The van der Waals surface area contributed by atoms with Gasteiger partial charge < -0.3 is 14.6 Å². The fraction of sp³-hybridized carbons (Fsp3) is 0.364. The smallest absolute Gasteiger partial charge is 0.347 e. The predicted octanol–water partition coefficient (Wildman–Crippen LogP) is 1.64. The molecule has 0 bridgehead atoms. The fourth-order valence-corrected chi connectivity index (χ4v) is 1.28. The van der Waals surface area contributed by atoms with Crippen LogP contribution in [0.4, 0.5) is 0 Å². The second-order valence-electron chi connectivity index (χ2n) is 3.10. The molecule has 5 heteroatoms. The molecule has 0 aromatic heterocycles. The van der Waals surface area contributed by atoms with E-state index in [2.05, 4.69) is 4.74 Å². The Hall–Kier alpha value is -1.26. The third-order valence-corrected chi connectivity index (χ3v) is 2.20. The number of hydrogen-bond acceptors (Lipinski definition) is 4. The van der Waals surface area contributed by atoms with Crippen LogP contribution >= 0.6 is 11.6 Å². The number of rotatable bonds is 5. The van der Waals surface area contributed by atoms with Crippen LogP contribution in [0.1, 0.15) is 6.42 Å². The molecule has 0 heterocycles. The normalized spacial score (nSPS) is 11.9. The zero-order valence-electron chi connectivity index (χ0n) is 8.85. The largest absolute Gasteiger partial charge is 0.479 e. The highest BCUT2D eigenvalue weighted by Crippen LogP contribution is 2.17. The van der Waals surface area contributed by atoms with Crippen molar-refractivity contribution < 1.29 is 19.4 Å². The minimum atomic E-state index is -0.795. The topological polar surface area (TPSA) is 55.8 Å². The highest BCUT2D eigenvalue weighted by atomic mass is 35.5. The number of aliphatic hydroxyl groups is 1. The molecule has 1 N–H and O–H groups in total. The van der Waals surface area contributed by atoms with E-state index in [0.29, 0.717) is 10.8 Å². The summed E-state index contributed by atoms with van der Waals surface area (Å²) in [6.45, 7) is -0.145. The Morgan fingerprint density at radius 1 is 1.44 bits per heavy atom. The van der Waals surface area contributed by atoms with Gasteiger partial charge in [-0.3, -0.25) is 0 Å². The summed E-state index contributed by atoms with van der Waals surface area (Å²) in [5.74, 6) is -0.00255. The van der Waals surface area contributed by atoms with Crippen LogP contribution in [0.5, 0.6) is 5.75 Å². The Labute approximate surface area is 98.7 Å². The number of aliphatic hydroxyl groups excluding tert-OH is 1. The molecular formula is C11H13ClO4. The molecule has 1 rings (SSSR count). The molecule has 0 fully saturated rings. The monoisotopic (exact) mass is 244 g/mol. The van der Waals surface area contributed by atoms with Gasteiger partial charge in [-0.25, -0.2) is 4.79 Å². The van der Waals surface area contributed by atoms with Crippen LogP contribution in [0.3, 0.4) is 0 Å². The zero-order valence-corrected chi connectivity index (χ0v) is 9.61. The number of carbonyl (C=O) groups is 1. The molecule has 1 aromatic rings. The second-order valence-corrected chi connectivity index (χ2v) is 3.53. The average molecular weight is 245 g/mol. The maximum Gasteiger partial charge on any atom is 0.347 e. The van der Waals surface area contributed by atoms with E-state index >= 15 is 0 Å². The third-order valence-electron chi connectivity index (χ3n) is 1.95. The van der Waals surface area contributed by atoms with E-state index in [4.69, 9.17) is 21.4 Å². The first kappa shape index (κ1) is 12.8. The van der Waals surface area contributed by atoms with Crippen LogP contribution in [0.2, 0.25) is 5.02 Å². The van der Waals surface area contributed by atoms with Crippen LogP contribution < -0.4 is 4.74 Å². The van der Waals surface area contributed by atoms with Gasteiger partial charge in [0.1, 0.15) is 5.75 Å². The van der Waals surface area contributed by atoms with E-state index in [1.165, 1.54) is 7.11 Å². The summed E-state index contributed by atoms with van der Waals surface area (Å²) in [4.78, 5) is 11.3. The third kappa shape index (κ3) is 3.72. The molecule has 0 aliphatic rings. The molecule has 1 unspecified atom stereocenters. The Bertz CT molecular complexity index is 336. The molecule has 4 nitrogen and oxygen atoms in total. The van der Waals surface area contributed by atoms with Gasteiger partial charge in [-0.2, -0.15) is 0 Å². The van der Waals surface area contributed by atoms with Crippen molar-refractivity contribution in [2.75, 3.05) is 13.7 Å². The molecule has 0 aliphatic carbocycles. The molecule has 0 amide bonds. The lowest BCUT2D eigenvalue weighted by atomic mass is 10.2. The van der Waals surface area contributed by atoms with Crippen molar-refractivity contribution in [3.05, 3.63) is 29.3 Å². The lowest BCUT2D eigenvalue weighted by Gasteiger charge is -2.15. The first-order chi connectivity index (χ1) is 7.67. The van der Waals surface area contributed by atoms with Crippen molar-refractivity contribution in [2.24, 2.45) is 0 Å². The summed E-state index contributed by atoms with van der Waals surface area (Å²) < 4.78 is 9.93. The molecule has 1 aromatic carbocycles. The molecular weight excluding hydrogens is 232 g/mol. The molecule has 0 radical (unpaired) electrons. The van der Waals surface area contributed by atoms with Crippen molar-refractivity contribution in [1.82, 2.24) is 0 Å². The van der Waals surface area contributed by atoms with E-state index in [0.717, 1.165) is 0 Å². The van der Waals surface area contributed by atoms with E-state index < -0.39 is 12.1 Å². The van der Waals surface area contributed by atoms with Gasteiger partial charge in [0, 0.05) is 18.1 Å². The van der Waals surface area contributed by atoms with Crippen molar-refractivity contribution in [1.29, 1.82) is 0 Å². The van der Waals surface area contributed by atoms with Crippen molar-refractivity contribution >= 4 is 17.6 Å². The molecule has 0 saturated heterocycles. The number of methoxy groups -OCH3 is 1. The lowest BCUT2D eigenvalue weighted by molar-refractivity contribution is -0.149. The number of ether oxygens (including phenoxy) is 2. The number of hydrogen-bond donors (Lipinski definition) is 1. The van der Waals surface area contributed by atoms with Gasteiger partial charge in [-0.15, -0.1) is 0 Å². The van der Waals surface area contributed by atoms with Crippen molar-refractivity contribution in [3.63, 3.8) is 0 Å². The molecule has 0 spiro atoms. The van der Waals surface area contributed by atoms with E-state index in [1.54, 1.807) is 24.3 Å².